The molecule has 1 unspecified atom stereocenters. The predicted molar refractivity (Wildman–Crippen MR) is 85.2 cm³/mol. The van der Waals surface area contributed by atoms with Gasteiger partial charge in [-0.2, -0.15) is 0 Å². The van der Waals surface area contributed by atoms with E-state index in [1.165, 1.54) is 11.1 Å². The number of hydrogen-bond acceptors (Lipinski definition) is 2. The SMILES string of the molecule is CN(C)c1ccc2c(c1)CC1Cc3ccccc3N1C2=O. The van der Waals surface area contributed by atoms with Crippen molar-refractivity contribution in [1.82, 2.24) is 0 Å². The van der Waals surface area contributed by atoms with Crippen LogP contribution in [0.15, 0.2) is 42.5 Å². The molecule has 0 saturated heterocycles. The van der Waals surface area contributed by atoms with Crippen LogP contribution in [0.1, 0.15) is 21.5 Å². The van der Waals surface area contributed by atoms with Crippen molar-refractivity contribution >= 4 is 17.3 Å². The summed E-state index contributed by atoms with van der Waals surface area (Å²) in [5.74, 6) is 0.150. The second-order valence-corrected chi connectivity index (χ2v) is 6.10. The van der Waals surface area contributed by atoms with E-state index in [9.17, 15) is 4.79 Å². The number of para-hydroxylation sites is 1. The van der Waals surface area contributed by atoms with Gasteiger partial charge in [0.05, 0.1) is 0 Å². The van der Waals surface area contributed by atoms with Gasteiger partial charge in [0.15, 0.2) is 0 Å². The molecular weight excluding hydrogens is 260 g/mol. The highest BCUT2D eigenvalue weighted by molar-refractivity contribution is 6.10. The van der Waals surface area contributed by atoms with E-state index in [0.717, 1.165) is 29.8 Å². The van der Waals surface area contributed by atoms with E-state index in [1.54, 1.807) is 0 Å². The van der Waals surface area contributed by atoms with Gasteiger partial charge < -0.3 is 9.80 Å². The Labute approximate surface area is 124 Å². The van der Waals surface area contributed by atoms with Crippen LogP contribution in [0.2, 0.25) is 0 Å². The fourth-order valence-electron chi connectivity index (χ4n) is 3.52. The second kappa shape index (κ2) is 4.35. The van der Waals surface area contributed by atoms with Crippen molar-refractivity contribution in [3.05, 3.63) is 59.2 Å². The number of rotatable bonds is 1. The second-order valence-electron chi connectivity index (χ2n) is 6.10. The van der Waals surface area contributed by atoms with Crippen molar-refractivity contribution in [2.75, 3.05) is 23.9 Å². The number of benzene rings is 2. The lowest BCUT2D eigenvalue weighted by molar-refractivity contribution is 0.0971. The maximum atomic E-state index is 12.9. The molecule has 3 nitrogen and oxygen atoms in total. The summed E-state index contributed by atoms with van der Waals surface area (Å²) in [6.45, 7) is 0. The Morgan fingerprint density at radius 2 is 1.81 bits per heavy atom. The molecule has 0 N–H and O–H groups in total. The summed E-state index contributed by atoms with van der Waals surface area (Å²) >= 11 is 0. The third kappa shape index (κ3) is 1.77. The molecule has 2 aliphatic rings. The van der Waals surface area contributed by atoms with Crippen LogP contribution in [0.4, 0.5) is 11.4 Å². The average molecular weight is 278 g/mol. The number of nitrogens with zero attached hydrogens (tertiary/aromatic N) is 2. The molecule has 21 heavy (non-hydrogen) atoms. The first-order valence-corrected chi connectivity index (χ1v) is 7.37. The Bertz CT molecular complexity index is 736. The van der Waals surface area contributed by atoms with Crippen molar-refractivity contribution in [3.8, 4) is 0 Å². The van der Waals surface area contributed by atoms with Crippen LogP contribution in [0.25, 0.3) is 0 Å². The highest BCUT2D eigenvalue weighted by Crippen LogP contribution is 2.38. The monoisotopic (exact) mass is 278 g/mol. The summed E-state index contributed by atoms with van der Waals surface area (Å²) in [5, 5.41) is 0. The average Bonchev–Trinajstić information content (AvgIpc) is 2.85. The van der Waals surface area contributed by atoms with Crippen molar-refractivity contribution in [1.29, 1.82) is 0 Å². The Hall–Kier alpha value is -2.29. The minimum absolute atomic E-state index is 0.150. The highest BCUT2D eigenvalue weighted by atomic mass is 16.2. The van der Waals surface area contributed by atoms with Gasteiger partial charge in [-0.05, 0) is 48.2 Å². The molecule has 1 amide bonds. The van der Waals surface area contributed by atoms with Crippen LogP contribution >= 0.6 is 0 Å². The van der Waals surface area contributed by atoms with E-state index in [1.807, 2.05) is 37.2 Å². The molecule has 0 saturated carbocycles. The number of hydrogen-bond donors (Lipinski definition) is 0. The first kappa shape index (κ1) is 12.5. The summed E-state index contributed by atoms with van der Waals surface area (Å²) < 4.78 is 0. The summed E-state index contributed by atoms with van der Waals surface area (Å²) in [6, 6.07) is 14.7. The first-order valence-electron chi connectivity index (χ1n) is 7.37. The maximum Gasteiger partial charge on any atom is 0.258 e. The van der Waals surface area contributed by atoms with Crippen LogP contribution < -0.4 is 9.80 Å². The molecule has 0 aliphatic carbocycles. The minimum Gasteiger partial charge on any atom is -0.378 e. The fraction of sp³-hybridized carbons (Fsp3) is 0.278. The lowest BCUT2D eigenvalue weighted by Crippen LogP contribution is -2.43. The molecular formula is C18H18N2O. The smallest absolute Gasteiger partial charge is 0.258 e. The zero-order valence-electron chi connectivity index (χ0n) is 12.3. The fourth-order valence-corrected chi connectivity index (χ4v) is 3.52. The van der Waals surface area contributed by atoms with Gasteiger partial charge >= 0.3 is 0 Å². The van der Waals surface area contributed by atoms with Gasteiger partial charge in [0.25, 0.3) is 5.91 Å². The van der Waals surface area contributed by atoms with E-state index in [0.29, 0.717) is 0 Å². The molecule has 3 heteroatoms. The topological polar surface area (TPSA) is 23.6 Å². The van der Waals surface area contributed by atoms with E-state index in [-0.39, 0.29) is 11.9 Å². The van der Waals surface area contributed by atoms with E-state index >= 15 is 0 Å². The van der Waals surface area contributed by atoms with Crippen molar-refractivity contribution in [2.24, 2.45) is 0 Å². The lowest BCUT2D eigenvalue weighted by atomic mass is 9.92. The number of carbonyl (C=O) groups excluding carboxylic acids is 1. The molecule has 0 fully saturated rings. The number of fused-ring (bicyclic) bond motifs is 4. The maximum absolute atomic E-state index is 12.9. The summed E-state index contributed by atoms with van der Waals surface area (Å²) in [4.78, 5) is 16.9. The zero-order valence-corrected chi connectivity index (χ0v) is 12.3. The molecule has 0 spiro atoms. The van der Waals surface area contributed by atoms with Gasteiger partial charge in [-0.1, -0.05) is 18.2 Å². The van der Waals surface area contributed by atoms with Gasteiger partial charge in [-0.25, -0.2) is 0 Å². The third-order valence-electron chi connectivity index (χ3n) is 4.58. The van der Waals surface area contributed by atoms with Crippen LogP contribution in [-0.2, 0) is 12.8 Å². The molecule has 2 aliphatic heterocycles. The molecule has 0 aromatic heterocycles. The van der Waals surface area contributed by atoms with Crippen LogP contribution in [0.5, 0.6) is 0 Å². The Kier molecular flexibility index (Phi) is 2.58. The van der Waals surface area contributed by atoms with Gasteiger partial charge in [-0.3, -0.25) is 4.79 Å². The molecule has 106 valence electrons. The molecule has 4 rings (SSSR count). The van der Waals surface area contributed by atoms with Crippen molar-refractivity contribution < 1.29 is 4.79 Å². The zero-order chi connectivity index (χ0) is 14.6. The van der Waals surface area contributed by atoms with Gasteiger partial charge in [0.2, 0.25) is 0 Å². The predicted octanol–water partition coefficient (Wildman–Crippen LogP) is 2.88. The molecule has 0 bridgehead atoms. The molecule has 2 aromatic carbocycles. The summed E-state index contributed by atoms with van der Waals surface area (Å²) in [6.07, 6.45) is 1.91. The Morgan fingerprint density at radius 3 is 2.62 bits per heavy atom. The standard InChI is InChI=1S/C18H18N2O/c1-19(2)14-7-8-16-13(10-14)11-15-9-12-5-3-4-6-17(12)20(15)18(16)21/h3-8,10,15H,9,11H2,1-2H3. The highest BCUT2D eigenvalue weighted by Gasteiger charge is 2.38. The van der Waals surface area contributed by atoms with E-state index in [2.05, 4.69) is 29.2 Å². The molecule has 2 heterocycles. The summed E-state index contributed by atoms with van der Waals surface area (Å²) in [5.41, 5.74) is 5.57. The van der Waals surface area contributed by atoms with E-state index in [4.69, 9.17) is 0 Å². The molecule has 0 radical (unpaired) electrons. The number of amides is 1. The first-order chi connectivity index (χ1) is 10.1. The van der Waals surface area contributed by atoms with Crippen molar-refractivity contribution in [3.63, 3.8) is 0 Å². The van der Waals surface area contributed by atoms with Gasteiger partial charge in [0.1, 0.15) is 0 Å². The lowest BCUT2D eigenvalue weighted by Gasteiger charge is -2.32. The number of carbonyl (C=O) groups is 1. The summed E-state index contributed by atoms with van der Waals surface area (Å²) in [7, 11) is 4.06. The molecule has 1 atom stereocenters. The quantitative estimate of drug-likeness (QED) is 0.801. The largest absolute Gasteiger partial charge is 0.378 e. The van der Waals surface area contributed by atoms with Crippen LogP contribution in [-0.4, -0.2) is 26.0 Å². The Morgan fingerprint density at radius 1 is 1.05 bits per heavy atom. The normalized spacial score (nSPS) is 19.0. The van der Waals surface area contributed by atoms with E-state index < -0.39 is 0 Å². The Balaban J connectivity index is 1.80. The molecule has 2 aromatic rings. The van der Waals surface area contributed by atoms with Crippen molar-refractivity contribution in [2.45, 2.75) is 18.9 Å². The van der Waals surface area contributed by atoms with Crippen LogP contribution in [0.3, 0.4) is 0 Å². The number of anilines is 2. The third-order valence-corrected chi connectivity index (χ3v) is 4.58. The van der Waals surface area contributed by atoms with Crippen LogP contribution in [0, 0.1) is 0 Å². The van der Waals surface area contributed by atoms with Gasteiger partial charge in [-0.15, -0.1) is 0 Å². The minimum atomic E-state index is 0.150. The van der Waals surface area contributed by atoms with Gasteiger partial charge in [0, 0.05) is 37.1 Å².